The van der Waals surface area contributed by atoms with Crippen LogP contribution in [0.5, 0.6) is 0 Å². The Morgan fingerprint density at radius 3 is 2.82 bits per heavy atom. The fourth-order valence-corrected chi connectivity index (χ4v) is 2.38. The Kier molecular flexibility index (Phi) is 4.14. The Balaban J connectivity index is 1.86. The van der Waals surface area contributed by atoms with Crippen LogP contribution in [0.3, 0.4) is 0 Å². The topological polar surface area (TPSA) is 63.0 Å². The Hall–Kier alpha value is -1.36. The minimum absolute atomic E-state index is 0.502. The van der Waals surface area contributed by atoms with E-state index in [0.29, 0.717) is 16.8 Å². The van der Waals surface area contributed by atoms with Gasteiger partial charge in [0.2, 0.25) is 0 Å². The number of nitrogens with one attached hydrogen (secondary N) is 2. The minimum atomic E-state index is 0.502. The first-order chi connectivity index (χ1) is 8.25. The molecule has 0 amide bonds. The van der Waals surface area contributed by atoms with Gasteiger partial charge >= 0.3 is 0 Å². The maximum absolute atomic E-state index is 5.81. The van der Waals surface area contributed by atoms with Gasteiger partial charge in [0.15, 0.2) is 5.11 Å². The first-order valence-electron chi connectivity index (χ1n) is 6.03. The van der Waals surface area contributed by atoms with Crippen LogP contribution in [-0.4, -0.2) is 16.1 Å². The molecule has 17 heavy (non-hydrogen) atoms. The molecule has 0 aliphatic heterocycles. The second kappa shape index (κ2) is 5.82. The fourth-order valence-electron chi connectivity index (χ4n) is 2.10. The van der Waals surface area contributed by atoms with Crippen molar-refractivity contribution in [3.05, 3.63) is 18.5 Å². The van der Waals surface area contributed by atoms with Crippen molar-refractivity contribution in [3.8, 4) is 0 Å². The van der Waals surface area contributed by atoms with Gasteiger partial charge in [-0.1, -0.05) is 19.3 Å². The maximum Gasteiger partial charge on any atom is 0.171 e. The van der Waals surface area contributed by atoms with Gasteiger partial charge in [-0.05, 0) is 31.1 Å². The summed E-state index contributed by atoms with van der Waals surface area (Å²) in [6.45, 7) is 0. The third kappa shape index (κ3) is 3.56. The number of hydrogen-bond donors (Lipinski definition) is 3. The van der Waals surface area contributed by atoms with E-state index in [1.807, 2.05) is 0 Å². The Bertz CT molecular complexity index is 388. The summed E-state index contributed by atoms with van der Waals surface area (Å²) in [6, 6.07) is 2.26. The van der Waals surface area contributed by atoms with E-state index in [1.165, 1.54) is 32.1 Å². The van der Waals surface area contributed by atoms with Crippen LogP contribution in [0.2, 0.25) is 0 Å². The molecule has 92 valence electrons. The number of aromatic nitrogens is 1. The Morgan fingerprint density at radius 2 is 2.12 bits per heavy atom. The van der Waals surface area contributed by atoms with E-state index in [2.05, 4.69) is 15.6 Å². The summed E-state index contributed by atoms with van der Waals surface area (Å²) in [5.74, 6) is 0. The monoisotopic (exact) mass is 250 g/mol. The molecule has 5 heteroatoms. The second-order valence-corrected chi connectivity index (χ2v) is 4.80. The fraction of sp³-hybridized carbons (Fsp3) is 0.500. The lowest BCUT2D eigenvalue weighted by Gasteiger charge is -2.24. The number of nitrogen functional groups attached to an aromatic ring is 1. The largest absolute Gasteiger partial charge is 0.397 e. The molecule has 0 unspecified atom stereocenters. The van der Waals surface area contributed by atoms with Crippen LogP contribution in [-0.2, 0) is 0 Å². The number of hydrogen-bond acceptors (Lipinski definition) is 3. The summed E-state index contributed by atoms with van der Waals surface area (Å²) >= 11 is 5.27. The van der Waals surface area contributed by atoms with Crippen LogP contribution in [0.25, 0.3) is 0 Å². The van der Waals surface area contributed by atoms with Crippen LogP contribution in [0.4, 0.5) is 11.4 Å². The maximum atomic E-state index is 5.81. The number of pyridine rings is 1. The number of thiocarbonyl (C=S) groups is 1. The normalized spacial score (nSPS) is 16.5. The lowest BCUT2D eigenvalue weighted by Crippen LogP contribution is -2.38. The van der Waals surface area contributed by atoms with Gasteiger partial charge in [-0.2, -0.15) is 0 Å². The third-order valence-electron chi connectivity index (χ3n) is 3.04. The number of nitrogens with zero attached hydrogens (tertiary/aromatic N) is 1. The SMILES string of the molecule is Nc1ccncc1NC(=S)NC1CCCCC1. The van der Waals surface area contributed by atoms with Crippen molar-refractivity contribution in [1.29, 1.82) is 0 Å². The third-order valence-corrected chi connectivity index (χ3v) is 3.26. The van der Waals surface area contributed by atoms with Gasteiger partial charge in [-0.25, -0.2) is 0 Å². The molecule has 1 aliphatic rings. The molecule has 1 fully saturated rings. The summed E-state index contributed by atoms with van der Waals surface area (Å²) < 4.78 is 0. The van der Waals surface area contributed by atoms with Crippen molar-refractivity contribution in [2.75, 3.05) is 11.1 Å². The Morgan fingerprint density at radius 1 is 1.35 bits per heavy atom. The van der Waals surface area contributed by atoms with E-state index in [9.17, 15) is 0 Å². The average molecular weight is 250 g/mol. The van der Waals surface area contributed by atoms with Gasteiger partial charge in [0.25, 0.3) is 0 Å². The van der Waals surface area contributed by atoms with Crippen LogP contribution >= 0.6 is 12.2 Å². The molecule has 1 heterocycles. The van der Waals surface area contributed by atoms with E-state index >= 15 is 0 Å². The van der Waals surface area contributed by atoms with Crippen LogP contribution < -0.4 is 16.4 Å². The molecule has 4 nitrogen and oxygen atoms in total. The summed E-state index contributed by atoms with van der Waals surface area (Å²) in [7, 11) is 0. The number of nitrogens with two attached hydrogens (primary N) is 1. The smallest absolute Gasteiger partial charge is 0.171 e. The highest BCUT2D eigenvalue weighted by atomic mass is 32.1. The molecule has 0 spiro atoms. The zero-order valence-electron chi connectivity index (χ0n) is 9.78. The van der Waals surface area contributed by atoms with Crippen molar-refractivity contribution < 1.29 is 0 Å². The quantitative estimate of drug-likeness (QED) is 0.703. The van der Waals surface area contributed by atoms with E-state index in [0.717, 1.165) is 5.69 Å². The molecule has 0 aromatic carbocycles. The van der Waals surface area contributed by atoms with Crippen LogP contribution in [0.1, 0.15) is 32.1 Å². The summed E-state index contributed by atoms with van der Waals surface area (Å²) in [5, 5.41) is 7.06. The molecule has 1 saturated carbocycles. The molecule has 4 N–H and O–H groups in total. The molecule has 2 rings (SSSR count). The molecule has 1 aliphatic carbocycles. The predicted molar refractivity (Wildman–Crippen MR) is 74.9 cm³/mol. The zero-order chi connectivity index (χ0) is 12.1. The van der Waals surface area contributed by atoms with Crippen molar-refractivity contribution >= 4 is 28.7 Å². The predicted octanol–water partition coefficient (Wildman–Crippen LogP) is 2.28. The molecular weight excluding hydrogens is 232 g/mol. The lowest BCUT2D eigenvalue weighted by atomic mass is 9.96. The molecule has 1 aromatic rings. The molecular formula is C12H18N4S. The van der Waals surface area contributed by atoms with E-state index < -0.39 is 0 Å². The van der Waals surface area contributed by atoms with Gasteiger partial charge in [0.05, 0.1) is 17.6 Å². The Labute approximate surface area is 107 Å². The van der Waals surface area contributed by atoms with E-state index in [-0.39, 0.29) is 0 Å². The van der Waals surface area contributed by atoms with Gasteiger partial charge < -0.3 is 16.4 Å². The highest BCUT2D eigenvalue weighted by Crippen LogP contribution is 2.18. The van der Waals surface area contributed by atoms with Crippen molar-refractivity contribution in [3.63, 3.8) is 0 Å². The van der Waals surface area contributed by atoms with Gasteiger partial charge in [-0.15, -0.1) is 0 Å². The van der Waals surface area contributed by atoms with Crippen molar-refractivity contribution in [2.45, 2.75) is 38.1 Å². The molecule has 0 saturated heterocycles. The first-order valence-corrected chi connectivity index (χ1v) is 6.43. The van der Waals surface area contributed by atoms with Crippen molar-refractivity contribution in [1.82, 2.24) is 10.3 Å². The van der Waals surface area contributed by atoms with Gasteiger partial charge in [0, 0.05) is 12.2 Å². The molecule has 0 bridgehead atoms. The first kappa shape index (κ1) is 12.1. The lowest BCUT2D eigenvalue weighted by molar-refractivity contribution is 0.415. The number of rotatable bonds is 2. The van der Waals surface area contributed by atoms with Gasteiger partial charge in [-0.3, -0.25) is 4.98 Å². The molecule has 1 aromatic heterocycles. The van der Waals surface area contributed by atoms with E-state index in [4.69, 9.17) is 18.0 Å². The average Bonchev–Trinajstić information content (AvgIpc) is 2.33. The van der Waals surface area contributed by atoms with Gasteiger partial charge in [0.1, 0.15) is 0 Å². The highest BCUT2D eigenvalue weighted by molar-refractivity contribution is 7.80. The molecule has 0 atom stereocenters. The number of anilines is 2. The summed E-state index contributed by atoms with van der Waals surface area (Å²) in [4.78, 5) is 4.02. The molecule has 0 radical (unpaired) electrons. The van der Waals surface area contributed by atoms with Crippen LogP contribution in [0.15, 0.2) is 18.5 Å². The second-order valence-electron chi connectivity index (χ2n) is 4.40. The van der Waals surface area contributed by atoms with E-state index in [1.54, 1.807) is 18.5 Å². The standard InChI is InChI=1S/C12H18N4S/c13-10-6-7-14-8-11(10)16-12(17)15-9-4-2-1-3-5-9/h6-9H,1-5H2,(H2,13,14)(H2,15,16,17). The van der Waals surface area contributed by atoms with Crippen LogP contribution in [0, 0.1) is 0 Å². The minimum Gasteiger partial charge on any atom is -0.397 e. The zero-order valence-corrected chi connectivity index (χ0v) is 10.6. The summed E-state index contributed by atoms with van der Waals surface area (Å²) in [6.07, 6.45) is 9.66. The highest BCUT2D eigenvalue weighted by Gasteiger charge is 2.14. The summed E-state index contributed by atoms with van der Waals surface area (Å²) in [5.41, 5.74) is 7.24. The van der Waals surface area contributed by atoms with Crippen molar-refractivity contribution in [2.24, 2.45) is 0 Å².